The fourth-order valence-electron chi connectivity index (χ4n) is 4.99. The standard InChI is InChI=1S/C21H20ClF2N5O2.3H2S/c1-31-18-7-2-11(8-14(18)22)20(30)28-12-3-5-13(16(28)6-4-12)17-9-15(19(23)24)27-21-25-10-26-29(17)21;;;/h2,7-10,12-13,16,19H,3-6H2,1H3;3*1H2/t12-,13-,16-;;;/m0.../s1. The van der Waals surface area contributed by atoms with Crippen molar-refractivity contribution in [3.05, 3.63) is 52.6 Å². The molecule has 0 aliphatic carbocycles. The van der Waals surface area contributed by atoms with E-state index in [4.69, 9.17) is 16.3 Å². The summed E-state index contributed by atoms with van der Waals surface area (Å²) in [5, 5.41) is 4.57. The molecule has 186 valence electrons. The Labute approximate surface area is 221 Å². The predicted octanol–water partition coefficient (Wildman–Crippen LogP) is 4.61. The third-order valence-corrected chi connectivity index (χ3v) is 6.65. The summed E-state index contributed by atoms with van der Waals surface area (Å²) in [6.45, 7) is 0. The SMILES string of the molecule is COc1ccc(C(=O)N2[C@H]3CC[C@H](c4cc(C(F)F)nc5ncnn45)[C@@H]2CC3)cc1Cl.S.S.S. The molecular formula is C21H26ClF2N5O2S3. The molecule has 7 nitrogen and oxygen atoms in total. The third-order valence-electron chi connectivity index (χ3n) is 6.36. The normalized spacial score (nSPS) is 21.0. The Hall–Kier alpha value is -1.76. The second kappa shape index (κ2) is 11.3. The first-order chi connectivity index (χ1) is 15.0. The third kappa shape index (κ3) is 4.82. The Morgan fingerprint density at radius 3 is 2.56 bits per heavy atom. The van der Waals surface area contributed by atoms with Crippen LogP contribution in [0.4, 0.5) is 8.78 Å². The summed E-state index contributed by atoms with van der Waals surface area (Å²) in [7, 11) is 1.52. The van der Waals surface area contributed by atoms with Crippen LogP contribution in [0, 0.1) is 0 Å². The number of fused-ring (bicyclic) bond motifs is 3. The number of aromatic nitrogens is 4. The minimum absolute atomic E-state index is 0. The van der Waals surface area contributed by atoms with Crippen LogP contribution in [0.15, 0.2) is 30.6 Å². The molecule has 2 bridgehead atoms. The number of hydrogen-bond donors (Lipinski definition) is 0. The van der Waals surface area contributed by atoms with E-state index < -0.39 is 6.43 Å². The largest absolute Gasteiger partial charge is 0.495 e. The molecule has 1 aromatic carbocycles. The highest BCUT2D eigenvalue weighted by atomic mass is 35.5. The number of rotatable bonds is 4. The minimum Gasteiger partial charge on any atom is -0.495 e. The predicted molar refractivity (Wildman–Crippen MR) is 140 cm³/mol. The number of alkyl halides is 2. The van der Waals surface area contributed by atoms with Gasteiger partial charge in [0.1, 0.15) is 17.8 Å². The van der Waals surface area contributed by atoms with Gasteiger partial charge in [-0.1, -0.05) is 11.6 Å². The molecule has 2 saturated heterocycles. The molecule has 0 saturated carbocycles. The molecule has 3 atom stereocenters. The number of piperidine rings is 1. The number of hydrogen-bond acceptors (Lipinski definition) is 5. The van der Waals surface area contributed by atoms with E-state index in [1.807, 2.05) is 4.90 Å². The number of methoxy groups -OCH3 is 1. The van der Waals surface area contributed by atoms with Gasteiger partial charge >= 0.3 is 0 Å². The van der Waals surface area contributed by atoms with E-state index in [2.05, 4.69) is 15.1 Å². The van der Waals surface area contributed by atoms with Gasteiger partial charge in [-0.15, -0.1) is 0 Å². The average Bonchev–Trinajstić information content (AvgIpc) is 3.35. The van der Waals surface area contributed by atoms with Crippen LogP contribution in [0.1, 0.15) is 59.8 Å². The van der Waals surface area contributed by atoms with Crippen LogP contribution < -0.4 is 4.74 Å². The van der Waals surface area contributed by atoms with Crippen LogP contribution in [0.5, 0.6) is 5.75 Å². The van der Waals surface area contributed by atoms with Crippen molar-refractivity contribution < 1.29 is 18.3 Å². The van der Waals surface area contributed by atoms with Gasteiger partial charge in [0, 0.05) is 23.6 Å². The molecule has 5 rings (SSSR count). The molecule has 2 fully saturated rings. The van der Waals surface area contributed by atoms with E-state index in [-0.39, 0.29) is 75.9 Å². The van der Waals surface area contributed by atoms with E-state index in [1.54, 1.807) is 18.2 Å². The van der Waals surface area contributed by atoms with Gasteiger partial charge in [0.2, 0.25) is 0 Å². The van der Waals surface area contributed by atoms with Gasteiger partial charge in [0.05, 0.1) is 17.8 Å². The van der Waals surface area contributed by atoms with Crippen molar-refractivity contribution in [3.63, 3.8) is 0 Å². The molecule has 0 unspecified atom stereocenters. The summed E-state index contributed by atoms with van der Waals surface area (Å²) in [6, 6.07) is 6.40. The fourth-order valence-corrected chi connectivity index (χ4v) is 5.25. The maximum atomic E-state index is 13.5. The smallest absolute Gasteiger partial charge is 0.280 e. The lowest BCUT2D eigenvalue weighted by Gasteiger charge is -2.40. The highest BCUT2D eigenvalue weighted by Gasteiger charge is 2.46. The summed E-state index contributed by atoms with van der Waals surface area (Å²) in [6.07, 6.45) is 1.85. The Bertz CT molecular complexity index is 1170. The first-order valence-corrected chi connectivity index (χ1v) is 10.5. The van der Waals surface area contributed by atoms with Crippen LogP contribution >= 0.6 is 52.1 Å². The quantitative estimate of drug-likeness (QED) is 0.475. The van der Waals surface area contributed by atoms with Crippen molar-refractivity contribution in [2.45, 2.75) is 50.1 Å². The lowest BCUT2D eigenvalue weighted by Crippen LogP contribution is -2.47. The van der Waals surface area contributed by atoms with Crippen LogP contribution in [-0.4, -0.2) is 49.6 Å². The molecule has 0 radical (unpaired) electrons. The zero-order valence-corrected chi connectivity index (χ0v) is 22.0. The van der Waals surface area contributed by atoms with Gasteiger partial charge in [-0.2, -0.15) is 50.6 Å². The monoisotopic (exact) mass is 549 g/mol. The van der Waals surface area contributed by atoms with Crippen LogP contribution in [0.3, 0.4) is 0 Å². The second-order valence-corrected chi connectivity index (χ2v) is 8.33. The number of ether oxygens (including phenoxy) is 1. The Morgan fingerprint density at radius 1 is 1.15 bits per heavy atom. The molecule has 0 spiro atoms. The highest BCUT2D eigenvalue weighted by Crippen LogP contribution is 2.45. The Balaban J connectivity index is 0.00000136. The molecule has 2 aliphatic heterocycles. The van der Waals surface area contributed by atoms with Crippen LogP contribution in [0.25, 0.3) is 5.78 Å². The summed E-state index contributed by atoms with van der Waals surface area (Å²) < 4.78 is 33.6. The number of carbonyl (C=O) groups excluding carboxylic acids is 1. The van der Waals surface area contributed by atoms with E-state index >= 15 is 0 Å². The molecule has 2 aromatic heterocycles. The van der Waals surface area contributed by atoms with Gasteiger partial charge in [0.25, 0.3) is 18.1 Å². The highest BCUT2D eigenvalue weighted by molar-refractivity contribution is 7.59. The van der Waals surface area contributed by atoms with Crippen molar-refractivity contribution in [3.8, 4) is 5.75 Å². The second-order valence-electron chi connectivity index (χ2n) is 7.92. The molecule has 0 N–H and O–H groups in total. The Morgan fingerprint density at radius 2 is 1.88 bits per heavy atom. The average molecular weight is 550 g/mol. The number of benzene rings is 1. The van der Waals surface area contributed by atoms with E-state index in [0.29, 0.717) is 22.0 Å². The summed E-state index contributed by atoms with van der Waals surface area (Å²) in [5.74, 6) is 0.399. The minimum atomic E-state index is -2.71. The lowest BCUT2D eigenvalue weighted by molar-refractivity contribution is 0.0553. The van der Waals surface area contributed by atoms with Gasteiger partial charge < -0.3 is 9.64 Å². The summed E-state index contributed by atoms with van der Waals surface area (Å²) in [4.78, 5) is 23.3. The zero-order chi connectivity index (χ0) is 21.7. The first-order valence-electron chi connectivity index (χ1n) is 10.1. The number of carbonyl (C=O) groups is 1. The van der Waals surface area contributed by atoms with Crippen molar-refractivity contribution in [2.24, 2.45) is 0 Å². The summed E-state index contributed by atoms with van der Waals surface area (Å²) >= 11 is 6.23. The molecule has 4 heterocycles. The molecule has 1 amide bonds. The molecule has 34 heavy (non-hydrogen) atoms. The number of halogens is 3. The molecular weight excluding hydrogens is 524 g/mol. The van der Waals surface area contributed by atoms with Gasteiger partial charge in [-0.3, -0.25) is 4.79 Å². The number of nitrogens with zero attached hydrogens (tertiary/aromatic N) is 5. The topological polar surface area (TPSA) is 72.6 Å². The maximum Gasteiger partial charge on any atom is 0.280 e. The van der Waals surface area contributed by atoms with Gasteiger partial charge in [0.15, 0.2) is 0 Å². The lowest BCUT2D eigenvalue weighted by atomic mass is 9.86. The molecule has 3 aromatic rings. The Kier molecular flexibility index (Phi) is 9.48. The van der Waals surface area contributed by atoms with E-state index in [1.165, 1.54) is 24.0 Å². The fraction of sp³-hybridized carbons (Fsp3) is 0.429. The van der Waals surface area contributed by atoms with Crippen molar-refractivity contribution in [1.29, 1.82) is 0 Å². The van der Waals surface area contributed by atoms with Gasteiger partial charge in [-0.05, 0) is 49.9 Å². The first kappa shape index (κ1) is 28.5. The van der Waals surface area contributed by atoms with E-state index in [9.17, 15) is 13.6 Å². The van der Waals surface area contributed by atoms with Crippen LogP contribution in [0.2, 0.25) is 5.02 Å². The zero-order valence-electron chi connectivity index (χ0n) is 18.2. The summed E-state index contributed by atoms with van der Waals surface area (Å²) in [5.41, 5.74) is 0.779. The van der Waals surface area contributed by atoms with Crippen molar-refractivity contribution >= 4 is 63.8 Å². The van der Waals surface area contributed by atoms with Gasteiger partial charge in [-0.25, -0.2) is 18.3 Å². The molecule has 2 aliphatic rings. The van der Waals surface area contributed by atoms with Crippen molar-refractivity contribution in [2.75, 3.05) is 7.11 Å². The van der Waals surface area contributed by atoms with Crippen molar-refractivity contribution in [1.82, 2.24) is 24.5 Å². The maximum absolute atomic E-state index is 13.5. The number of amides is 1. The molecule has 13 heteroatoms. The van der Waals surface area contributed by atoms with E-state index in [0.717, 1.165) is 25.7 Å². The van der Waals surface area contributed by atoms with Crippen LogP contribution in [-0.2, 0) is 0 Å².